The van der Waals surface area contributed by atoms with Crippen molar-refractivity contribution in [2.24, 2.45) is 0 Å². The summed E-state index contributed by atoms with van der Waals surface area (Å²) in [7, 11) is 0. The van der Waals surface area contributed by atoms with Crippen molar-refractivity contribution >= 4 is 44.8 Å². The van der Waals surface area contributed by atoms with Crippen LogP contribution >= 0.6 is 22.7 Å². The third kappa shape index (κ3) is 7.13. The molecule has 1 amide bonds. The number of nitrogens with one attached hydrogen (secondary N) is 2. The summed E-state index contributed by atoms with van der Waals surface area (Å²) < 4.78 is 6.82. The van der Waals surface area contributed by atoms with Gasteiger partial charge in [0.25, 0.3) is 5.91 Å². The van der Waals surface area contributed by atoms with Crippen molar-refractivity contribution in [3.05, 3.63) is 84.6 Å². The third-order valence-electron chi connectivity index (χ3n) is 8.60. The molecule has 2 aromatic heterocycles. The van der Waals surface area contributed by atoms with Gasteiger partial charge in [-0.25, -0.2) is 4.79 Å². The molecule has 2 aliphatic heterocycles. The summed E-state index contributed by atoms with van der Waals surface area (Å²) in [6.07, 6.45) is 1.62. The lowest BCUT2D eigenvalue weighted by Crippen LogP contribution is -2.57. The Morgan fingerprint density at radius 1 is 1.04 bits per heavy atom. The molecule has 1 atom stereocenters. The number of amides is 1. The van der Waals surface area contributed by atoms with E-state index in [9.17, 15) is 29.7 Å². The van der Waals surface area contributed by atoms with Crippen molar-refractivity contribution in [1.82, 2.24) is 20.1 Å². The molecule has 45 heavy (non-hydrogen) atoms. The molecule has 4 heterocycles. The minimum absolute atomic E-state index is 0.00883. The lowest BCUT2D eigenvalue weighted by atomic mass is 9.89. The number of carbonyl (C=O) groups is 2. The van der Waals surface area contributed by atoms with E-state index in [0.717, 1.165) is 61.6 Å². The molecule has 5 N–H and O–H groups in total. The van der Waals surface area contributed by atoms with Gasteiger partial charge >= 0.3 is 10.8 Å². The molecule has 1 spiro atoms. The van der Waals surface area contributed by atoms with E-state index in [1.165, 1.54) is 23.3 Å². The molecule has 11 nitrogen and oxygen atoms in total. The highest BCUT2D eigenvalue weighted by atomic mass is 32.1. The molecule has 2 saturated heterocycles. The predicted molar refractivity (Wildman–Crippen MR) is 172 cm³/mol. The van der Waals surface area contributed by atoms with E-state index in [4.69, 9.17) is 4.74 Å². The fraction of sp³-hybridized carbons (Fsp3) is 0.406. The summed E-state index contributed by atoms with van der Waals surface area (Å²) in [5.41, 5.74) is 3.02. The number of carboxylic acids is 1. The van der Waals surface area contributed by atoms with Crippen LogP contribution < -0.4 is 10.2 Å². The number of thiazole rings is 1. The first-order valence-electron chi connectivity index (χ1n) is 15.0. The Hall–Kier alpha value is -3.59. The van der Waals surface area contributed by atoms with E-state index >= 15 is 0 Å². The van der Waals surface area contributed by atoms with E-state index in [2.05, 4.69) is 39.5 Å². The standard InChI is InChI=1S/C32H36N4O7S2/c37-23-5-4-22(28-27(23)34-31(42)45-28)24(38)17-33-11-8-20-2-1-3-21(16-20)18-35-12-9-32(10-13-35)19-36(14-15-43-32)29(39)25-6-7-26(44-25)30(40)41/h1-7,16,24,33,37-38H,8-15,17-19H2,(H,34,42)(H,40,41)/t24-/m0/s1. The van der Waals surface area contributed by atoms with Crippen LogP contribution in [0.15, 0.2) is 53.3 Å². The first-order chi connectivity index (χ1) is 21.7. The summed E-state index contributed by atoms with van der Waals surface area (Å²) in [4.78, 5) is 43.3. The van der Waals surface area contributed by atoms with Crippen LogP contribution in [0.3, 0.4) is 0 Å². The maximum atomic E-state index is 13.1. The Bertz CT molecular complexity index is 1740. The lowest BCUT2D eigenvalue weighted by molar-refractivity contribution is -0.127. The number of morpholine rings is 1. The number of thiophene rings is 1. The number of piperidine rings is 1. The molecular formula is C32H36N4O7S2. The predicted octanol–water partition coefficient (Wildman–Crippen LogP) is 3.43. The highest BCUT2D eigenvalue weighted by Gasteiger charge is 2.41. The number of hydrogen-bond acceptors (Lipinski definition) is 10. The van der Waals surface area contributed by atoms with Crippen molar-refractivity contribution in [2.75, 3.05) is 45.9 Å². The maximum absolute atomic E-state index is 13.1. The molecule has 13 heteroatoms. The second-order valence-corrected chi connectivity index (χ2v) is 13.8. The molecule has 4 aromatic rings. The monoisotopic (exact) mass is 652 g/mol. The van der Waals surface area contributed by atoms with E-state index in [1.54, 1.807) is 12.1 Å². The van der Waals surface area contributed by atoms with Crippen LogP contribution in [0.2, 0.25) is 0 Å². The van der Waals surface area contributed by atoms with Crippen molar-refractivity contribution in [2.45, 2.75) is 37.5 Å². The Morgan fingerprint density at radius 3 is 2.60 bits per heavy atom. The van der Waals surface area contributed by atoms with Crippen molar-refractivity contribution in [3.63, 3.8) is 0 Å². The van der Waals surface area contributed by atoms with E-state index in [0.29, 0.717) is 53.4 Å². The number of aromatic carboxylic acids is 1. The van der Waals surface area contributed by atoms with Crippen molar-refractivity contribution in [3.8, 4) is 5.75 Å². The van der Waals surface area contributed by atoms with Crippen molar-refractivity contribution < 1.29 is 29.6 Å². The van der Waals surface area contributed by atoms with E-state index in [-0.39, 0.29) is 27.0 Å². The molecule has 2 aromatic carbocycles. The molecule has 2 fully saturated rings. The van der Waals surface area contributed by atoms with Crippen LogP contribution in [0.25, 0.3) is 10.2 Å². The van der Waals surface area contributed by atoms with Gasteiger partial charge in [0.05, 0.1) is 34.4 Å². The normalized spacial score (nSPS) is 17.6. The molecular weight excluding hydrogens is 617 g/mol. The van der Waals surface area contributed by atoms with Gasteiger partial charge in [0.2, 0.25) is 0 Å². The van der Waals surface area contributed by atoms with Gasteiger partial charge in [-0.3, -0.25) is 14.5 Å². The molecule has 0 aliphatic carbocycles. The highest BCUT2D eigenvalue weighted by molar-refractivity contribution is 7.16. The molecule has 0 radical (unpaired) electrons. The average Bonchev–Trinajstić information content (AvgIpc) is 3.69. The molecule has 2 aliphatic rings. The smallest absolute Gasteiger partial charge is 0.345 e. The summed E-state index contributed by atoms with van der Waals surface area (Å²) in [5, 5.41) is 33.3. The van der Waals surface area contributed by atoms with E-state index < -0.39 is 12.1 Å². The molecule has 0 saturated carbocycles. The van der Waals surface area contributed by atoms with E-state index in [1.807, 2.05) is 4.90 Å². The van der Waals surface area contributed by atoms with Crippen LogP contribution in [-0.2, 0) is 17.7 Å². The number of aromatic amines is 1. The number of ether oxygens (including phenoxy) is 1. The van der Waals surface area contributed by atoms with Crippen LogP contribution in [0.4, 0.5) is 0 Å². The quantitative estimate of drug-likeness (QED) is 0.162. The minimum atomic E-state index is -1.02. The number of carboxylic acid groups (broad SMARTS) is 1. The first-order valence-corrected chi connectivity index (χ1v) is 16.6. The number of phenols is 1. The van der Waals surface area contributed by atoms with Gasteiger partial charge in [-0.2, -0.15) is 0 Å². The number of aromatic nitrogens is 1. The number of phenolic OH excluding ortho intramolecular Hbond substituents is 1. The molecule has 6 rings (SSSR count). The van der Waals surface area contributed by atoms with Gasteiger partial charge < -0.3 is 35.3 Å². The topological polar surface area (TPSA) is 155 Å². The number of fused-ring (bicyclic) bond motifs is 1. The summed E-state index contributed by atoms with van der Waals surface area (Å²) in [6, 6.07) is 14.7. The van der Waals surface area contributed by atoms with Gasteiger partial charge in [0.15, 0.2) is 0 Å². The lowest BCUT2D eigenvalue weighted by Gasteiger charge is -2.47. The van der Waals surface area contributed by atoms with Gasteiger partial charge in [0, 0.05) is 38.3 Å². The Balaban J connectivity index is 0.969. The molecule has 238 valence electrons. The van der Waals surface area contributed by atoms with Crippen molar-refractivity contribution in [1.29, 1.82) is 0 Å². The van der Waals surface area contributed by atoms with Crippen LogP contribution in [-0.4, -0.2) is 93.5 Å². The zero-order valence-corrected chi connectivity index (χ0v) is 26.3. The largest absolute Gasteiger partial charge is 0.506 e. The zero-order valence-electron chi connectivity index (χ0n) is 24.7. The summed E-state index contributed by atoms with van der Waals surface area (Å²) in [6.45, 7) is 5.02. The van der Waals surface area contributed by atoms with Gasteiger partial charge in [-0.1, -0.05) is 41.7 Å². The van der Waals surface area contributed by atoms with Crippen LogP contribution in [0.5, 0.6) is 5.75 Å². The van der Waals surface area contributed by atoms with Gasteiger partial charge in [0.1, 0.15) is 16.1 Å². The fourth-order valence-corrected chi connectivity index (χ4v) is 7.92. The summed E-state index contributed by atoms with van der Waals surface area (Å²) in [5.74, 6) is -1.16. The number of carbonyl (C=O) groups excluding carboxylic acids is 1. The average molecular weight is 653 g/mol. The molecule has 0 unspecified atom stereocenters. The fourth-order valence-electron chi connectivity index (χ4n) is 6.19. The second kappa shape index (κ2) is 13.4. The number of aromatic hydroxyl groups is 1. The maximum Gasteiger partial charge on any atom is 0.345 e. The zero-order chi connectivity index (χ0) is 31.6. The third-order valence-corrected chi connectivity index (χ3v) is 10.6. The number of benzene rings is 2. The molecule has 0 bridgehead atoms. The number of nitrogens with zero attached hydrogens (tertiary/aromatic N) is 2. The number of hydrogen-bond donors (Lipinski definition) is 5. The number of rotatable bonds is 10. The van der Waals surface area contributed by atoms with Crippen LogP contribution in [0.1, 0.15) is 55.0 Å². The summed E-state index contributed by atoms with van der Waals surface area (Å²) >= 11 is 2.00. The van der Waals surface area contributed by atoms with Gasteiger partial charge in [-0.15, -0.1) is 11.3 Å². The highest BCUT2D eigenvalue weighted by Crippen LogP contribution is 2.33. The first kappa shape index (κ1) is 31.4. The number of aliphatic hydroxyl groups is 1. The number of aliphatic hydroxyl groups excluding tert-OH is 1. The van der Waals surface area contributed by atoms with Crippen LogP contribution in [0, 0.1) is 0 Å². The Morgan fingerprint density at radius 2 is 1.82 bits per heavy atom. The Labute approximate surface area is 267 Å². The second-order valence-electron chi connectivity index (χ2n) is 11.7. The number of likely N-dealkylation sites (tertiary alicyclic amines) is 1. The van der Waals surface area contributed by atoms with Gasteiger partial charge in [-0.05, 0) is 55.1 Å². The SMILES string of the molecule is O=C(O)c1ccc(C(=O)N2CCOC3(CCN(Cc4cccc(CCNC[C@H](O)c5ccc(O)c6[nH]c(=O)sc56)c4)CC3)C2)s1. The minimum Gasteiger partial charge on any atom is -0.506 e. The Kier molecular flexibility index (Phi) is 9.36. The number of H-pyrrole nitrogens is 1.